The lowest BCUT2D eigenvalue weighted by atomic mass is 10.1. The van der Waals surface area contributed by atoms with Crippen molar-refractivity contribution in [3.8, 4) is 0 Å². The molecule has 0 bridgehead atoms. The van der Waals surface area contributed by atoms with Crippen molar-refractivity contribution in [3.05, 3.63) is 12.2 Å². The van der Waals surface area contributed by atoms with Crippen molar-refractivity contribution >= 4 is 5.97 Å². The predicted molar refractivity (Wildman–Crippen MR) is 56.9 cm³/mol. The van der Waals surface area contributed by atoms with Crippen LogP contribution >= 0.6 is 0 Å². The van der Waals surface area contributed by atoms with Crippen LogP contribution < -0.4 is 0 Å². The molecule has 0 aromatic heterocycles. The Morgan fingerprint density at radius 2 is 1.86 bits per heavy atom. The van der Waals surface area contributed by atoms with Crippen molar-refractivity contribution in [1.82, 2.24) is 0 Å². The lowest BCUT2D eigenvalue weighted by molar-refractivity contribution is -0.148. The van der Waals surface area contributed by atoms with Gasteiger partial charge in [-0.1, -0.05) is 18.9 Å². The molecule has 0 heterocycles. The topological polar surface area (TPSA) is 26.3 Å². The van der Waals surface area contributed by atoms with Crippen LogP contribution in [0.1, 0.15) is 46.5 Å². The Morgan fingerprint density at radius 1 is 1.29 bits per heavy atom. The maximum atomic E-state index is 11.3. The van der Waals surface area contributed by atoms with E-state index in [0.717, 1.165) is 0 Å². The Morgan fingerprint density at radius 3 is 2.36 bits per heavy atom. The summed E-state index contributed by atoms with van der Waals surface area (Å²) in [6.07, 6.45) is 8.62. The maximum Gasteiger partial charge on any atom is 0.330 e. The molecule has 0 aliphatic heterocycles. The first-order valence-electron chi connectivity index (χ1n) is 5.38. The molecule has 0 aromatic rings. The molecule has 1 fully saturated rings. The molecule has 1 saturated carbocycles. The van der Waals surface area contributed by atoms with Crippen molar-refractivity contribution in [2.24, 2.45) is 5.92 Å². The van der Waals surface area contributed by atoms with Gasteiger partial charge in [-0.05, 0) is 39.5 Å². The van der Waals surface area contributed by atoms with Gasteiger partial charge in [0, 0.05) is 6.08 Å². The first kappa shape index (κ1) is 11.3. The van der Waals surface area contributed by atoms with Crippen LogP contribution in [0.3, 0.4) is 0 Å². The highest BCUT2D eigenvalue weighted by atomic mass is 16.6. The Labute approximate surface area is 86.3 Å². The predicted octanol–water partition coefficient (Wildman–Crippen LogP) is 3.07. The van der Waals surface area contributed by atoms with Crippen molar-refractivity contribution in [2.75, 3.05) is 0 Å². The molecule has 0 aromatic carbocycles. The summed E-state index contributed by atoms with van der Waals surface area (Å²) in [5.41, 5.74) is -0.378. The van der Waals surface area contributed by atoms with Gasteiger partial charge in [-0.3, -0.25) is 0 Å². The second-order valence-electron chi connectivity index (χ2n) is 4.94. The molecule has 80 valence electrons. The van der Waals surface area contributed by atoms with E-state index in [1.54, 1.807) is 6.08 Å². The average Bonchev–Trinajstić information content (AvgIpc) is 2.49. The smallest absolute Gasteiger partial charge is 0.330 e. The average molecular weight is 196 g/mol. The molecule has 0 atom stereocenters. The van der Waals surface area contributed by atoms with Gasteiger partial charge in [-0.15, -0.1) is 0 Å². The first-order valence-corrected chi connectivity index (χ1v) is 5.38. The van der Waals surface area contributed by atoms with Crippen LogP contribution in [0.2, 0.25) is 0 Å². The van der Waals surface area contributed by atoms with Crippen molar-refractivity contribution < 1.29 is 9.53 Å². The van der Waals surface area contributed by atoms with E-state index >= 15 is 0 Å². The van der Waals surface area contributed by atoms with E-state index in [0.29, 0.717) is 5.92 Å². The van der Waals surface area contributed by atoms with Crippen molar-refractivity contribution in [1.29, 1.82) is 0 Å². The molecule has 0 unspecified atom stereocenters. The fraction of sp³-hybridized carbons (Fsp3) is 0.750. The molecule has 0 amide bonds. The van der Waals surface area contributed by atoms with Crippen molar-refractivity contribution in [3.63, 3.8) is 0 Å². The van der Waals surface area contributed by atoms with Gasteiger partial charge < -0.3 is 4.74 Å². The SMILES string of the molecule is CC(C)(C)OC(=O)/C=C/C1CCCC1. The number of carbonyl (C=O) groups excluding carboxylic acids is 1. The molecule has 0 saturated heterocycles. The van der Waals surface area contributed by atoms with E-state index < -0.39 is 0 Å². The van der Waals surface area contributed by atoms with Gasteiger partial charge in [0.15, 0.2) is 0 Å². The number of hydrogen-bond donors (Lipinski definition) is 0. The molecule has 0 spiro atoms. The third-order valence-electron chi connectivity index (χ3n) is 2.31. The minimum atomic E-state index is -0.378. The van der Waals surface area contributed by atoms with Crippen LogP contribution in [-0.4, -0.2) is 11.6 Å². The van der Waals surface area contributed by atoms with Gasteiger partial charge in [0.2, 0.25) is 0 Å². The second-order valence-corrected chi connectivity index (χ2v) is 4.94. The fourth-order valence-electron chi connectivity index (χ4n) is 1.70. The maximum absolute atomic E-state index is 11.3. The number of rotatable bonds is 2. The zero-order chi connectivity index (χ0) is 10.6. The van der Waals surface area contributed by atoms with Crippen molar-refractivity contribution in [2.45, 2.75) is 52.1 Å². The van der Waals surface area contributed by atoms with Gasteiger partial charge in [0.25, 0.3) is 0 Å². The summed E-state index contributed by atoms with van der Waals surface area (Å²) in [6.45, 7) is 5.65. The first-order chi connectivity index (χ1) is 6.47. The molecule has 1 rings (SSSR count). The monoisotopic (exact) mass is 196 g/mol. The number of hydrogen-bond acceptors (Lipinski definition) is 2. The number of carbonyl (C=O) groups is 1. The summed E-state index contributed by atoms with van der Waals surface area (Å²) in [6, 6.07) is 0. The Balaban J connectivity index is 2.32. The Kier molecular flexibility index (Phi) is 3.73. The molecule has 1 aliphatic carbocycles. The summed E-state index contributed by atoms with van der Waals surface area (Å²) in [5, 5.41) is 0. The lowest BCUT2D eigenvalue weighted by Gasteiger charge is -2.18. The summed E-state index contributed by atoms with van der Waals surface area (Å²) >= 11 is 0. The molecule has 14 heavy (non-hydrogen) atoms. The zero-order valence-electron chi connectivity index (χ0n) is 9.38. The van der Waals surface area contributed by atoms with Gasteiger partial charge >= 0.3 is 5.97 Å². The van der Waals surface area contributed by atoms with E-state index in [4.69, 9.17) is 4.74 Å². The minimum Gasteiger partial charge on any atom is -0.457 e. The van der Waals surface area contributed by atoms with E-state index in [9.17, 15) is 4.79 Å². The zero-order valence-corrected chi connectivity index (χ0v) is 9.38. The van der Waals surface area contributed by atoms with Gasteiger partial charge in [-0.2, -0.15) is 0 Å². The van der Waals surface area contributed by atoms with E-state index in [-0.39, 0.29) is 11.6 Å². The highest BCUT2D eigenvalue weighted by Gasteiger charge is 2.15. The van der Waals surface area contributed by atoms with E-state index in [1.165, 1.54) is 25.7 Å². The fourth-order valence-corrected chi connectivity index (χ4v) is 1.70. The Bertz CT molecular complexity index is 217. The molecular formula is C12H20O2. The normalized spacial score (nSPS) is 19.1. The standard InChI is InChI=1S/C12H20O2/c1-12(2,3)14-11(13)9-8-10-6-4-5-7-10/h8-10H,4-7H2,1-3H3/b9-8+. The molecular weight excluding hydrogens is 176 g/mol. The van der Waals surface area contributed by atoms with Crippen LogP contribution in [0.5, 0.6) is 0 Å². The largest absolute Gasteiger partial charge is 0.457 e. The molecule has 0 N–H and O–H groups in total. The molecule has 0 radical (unpaired) electrons. The van der Waals surface area contributed by atoms with E-state index in [1.807, 2.05) is 26.8 Å². The summed E-state index contributed by atoms with van der Waals surface area (Å²) in [5.74, 6) is 0.381. The third-order valence-corrected chi connectivity index (χ3v) is 2.31. The quantitative estimate of drug-likeness (QED) is 0.501. The summed E-state index contributed by atoms with van der Waals surface area (Å²) in [7, 11) is 0. The Hall–Kier alpha value is -0.790. The van der Waals surface area contributed by atoms with Gasteiger partial charge in [-0.25, -0.2) is 4.79 Å². The molecule has 2 nitrogen and oxygen atoms in total. The number of ether oxygens (including phenoxy) is 1. The lowest BCUT2D eigenvalue weighted by Crippen LogP contribution is -2.22. The number of esters is 1. The second kappa shape index (κ2) is 4.63. The van der Waals surface area contributed by atoms with Crippen LogP contribution in [-0.2, 0) is 9.53 Å². The third kappa shape index (κ3) is 4.45. The highest BCUT2D eigenvalue weighted by molar-refractivity contribution is 5.82. The highest BCUT2D eigenvalue weighted by Crippen LogP contribution is 2.25. The number of allylic oxidation sites excluding steroid dienone is 1. The minimum absolute atomic E-state index is 0.218. The van der Waals surface area contributed by atoms with Gasteiger partial charge in [0.05, 0.1) is 0 Å². The summed E-state index contributed by atoms with van der Waals surface area (Å²) < 4.78 is 5.17. The molecule has 1 aliphatic rings. The van der Waals surface area contributed by atoms with E-state index in [2.05, 4.69) is 0 Å². The van der Waals surface area contributed by atoms with Crippen LogP contribution in [0, 0.1) is 5.92 Å². The summed E-state index contributed by atoms with van der Waals surface area (Å²) in [4.78, 5) is 11.3. The van der Waals surface area contributed by atoms with Gasteiger partial charge in [0.1, 0.15) is 5.60 Å². The van der Waals surface area contributed by atoms with Crippen LogP contribution in [0.15, 0.2) is 12.2 Å². The molecule has 2 heteroatoms. The van der Waals surface area contributed by atoms with Crippen LogP contribution in [0.4, 0.5) is 0 Å². The van der Waals surface area contributed by atoms with Crippen LogP contribution in [0.25, 0.3) is 0 Å².